The molecule has 0 rings (SSSR count). The average Bonchev–Trinajstić information content (AvgIpc) is 3.07. The van der Waals surface area contributed by atoms with Gasteiger partial charge in [0.2, 0.25) is 0 Å². The van der Waals surface area contributed by atoms with Gasteiger partial charge in [-0.25, -0.2) is 4.57 Å². The van der Waals surface area contributed by atoms with Crippen molar-refractivity contribution < 1.29 is 43.0 Å². The highest BCUT2D eigenvalue weighted by atomic mass is 31.2. The van der Waals surface area contributed by atoms with Crippen molar-refractivity contribution in [1.29, 1.82) is 0 Å². The maximum atomic E-state index is 12.5. The van der Waals surface area contributed by atoms with Crippen molar-refractivity contribution in [2.45, 2.75) is 180 Å². The van der Waals surface area contributed by atoms with Crippen LogP contribution in [-0.4, -0.2) is 66.3 Å². The van der Waals surface area contributed by atoms with Gasteiger partial charge in [0.25, 0.3) is 0 Å². The number of allylic oxidation sites excluding steroid dienone is 4. The minimum atomic E-state index is -4.51. The number of hydrogen-bond acceptors (Lipinski definition) is 8. The number of rotatable bonds is 37. The number of hydrogen-bond donors (Lipinski definition) is 3. The monoisotopic (exact) mass is 704 g/mol. The number of carbonyl (C=O) groups excluding carboxylic acids is 1. The highest BCUT2D eigenvalue weighted by Crippen LogP contribution is 2.43. The van der Waals surface area contributed by atoms with Crippen LogP contribution in [0.3, 0.4) is 0 Å². The first kappa shape index (κ1) is 46.9. The molecule has 3 N–H and O–H groups in total. The van der Waals surface area contributed by atoms with Crippen molar-refractivity contribution in [3.8, 4) is 0 Å². The van der Waals surface area contributed by atoms with E-state index in [2.05, 4.69) is 38.2 Å². The molecule has 0 fully saturated rings. The number of aliphatic hydroxyl groups is 2. The van der Waals surface area contributed by atoms with Gasteiger partial charge in [0.15, 0.2) is 0 Å². The second kappa shape index (κ2) is 35.8. The molecule has 10 heteroatoms. The molecular formula is C38H73O9P. The van der Waals surface area contributed by atoms with E-state index in [-0.39, 0.29) is 25.6 Å². The zero-order chi connectivity index (χ0) is 35.4. The first-order chi connectivity index (χ1) is 23.3. The molecule has 0 radical (unpaired) electrons. The lowest BCUT2D eigenvalue weighted by atomic mass is 10.1. The zero-order valence-electron chi connectivity index (χ0n) is 30.7. The highest BCUT2D eigenvalue weighted by Gasteiger charge is 2.26. The van der Waals surface area contributed by atoms with Gasteiger partial charge in [0.1, 0.15) is 12.2 Å². The van der Waals surface area contributed by atoms with Crippen LogP contribution >= 0.6 is 7.82 Å². The Morgan fingerprint density at radius 3 is 1.69 bits per heavy atom. The van der Waals surface area contributed by atoms with E-state index in [1.807, 2.05) is 0 Å². The van der Waals surface area contributed by atoms with Gasteiger partial charge in [-0.1, -0.05) is 141 Å². The summed E-state index contributed by atoms with van der Waals surface area (Å²) < 4.78 is 33.2. The number of carbonyl (C=O) groups is 1. The van der Waals surface area contributed by atoms with Crippen LogP contribution in [0.2, 0.25) is 0 Å². The number of ether oxygens (including phenoxy) is 2. The van der Waals surface area contributed by atoms with Gasteiger partial charge in [-0.2, -0.15) is 0 Å². The lowest BCUT2D eigenvalue weighted by Gasteiger charge is -2.20. The molecule has 0 spiro atoms. The van der Waals surface area contributed by atoms with Gasteiger partial charge in [-0.3, -0.25) is 13.8 Å². The Kier molecular flexibility index (Phi) is 35.0. The smallest absolute Gasteiger partial charge is 0.457 e. The third kappa shape index (κ3) is 34.8. The molecule has 0 amide bonds. The molecule has 48 heavy (non-hydrogen) atoms. The third-order valence-corrected chi connectivity index (χ3v) is 9.09. The van der Waals surface area contributed by atoms with Crippen LogP contribution in [0.25, 0.3) is 0 Å². The maximum absolute atomic E-state index is 12.5. The van der Waals surface area contributed by atoms with Gasteiger partial charge >= 0.3 is 13.8 Å². The first-order valence-corrected chi connectivity index (χ1v) is 20.8. The summed E-state index contributed by atoms with van der Waals surface area (Å²) in [7, 11) is -4.51. The summed E-state index contributed by atoms with van der Waals surface area (Å²) in [5, 5.41) is 18.3. The molecule has 0 aromatic rings. The van der Waals surface area contributed by atoms with Crippen molar-refractivity contribution in [3.63, 3.8) is 0 Å². The normalized spacial score (nSPS) is 14.5. The van der Waals surface area contributed by atoms with E-state index in [9.17, 15) is 19.4 Å². The molecule has 0 heterocycles. The van der Waals surface area contributed by atoms with E-state index in [0.717, 1.165) is 51.4 Å². The SMILES string of the molecule is CCCCCC/C=C\C/C=C\CCCCCCCCOCC(COP(=O)(O)OCC(O)CO)OC(=O)CCCCCCCCCCCC. The lowest BCUT2D eigenvalue weighted by molar-refractivity contribution is -0.154. The van der Waals surface area contributed by atoms with E-state index in [1.54, 1.807) is 0 Å². The van der Waals surface area contributed by atoms with Crippen LogP contribution in [0.15, 0.2) is 24.3 Å². The first-order valence-electron chi connectivity index (χ1n) is 19.3. The Balaban J connectivity index is 4.20. The Morgan fingerprint density at radius 2 is 1.12 bits per heavy atom. The van der Waals surface area contributed by atoms with Gasteiger partial charge < -0.3 is 24.6 Å². The largest absolute Gasteiger partial charge is 0.472 e. The second-order valence-electron chi connectivity index (χ2n) is 13.0. The molecule has 0 aliphatic heterocycles. The Bertz CT molecular complexity index is 805. The number of esters is 1. The topological polar surface area (TPSA) is 132 Å². The predicted molar refractivity (Wildman–Crippen MR) is 196 cm³/mol. The quantitative estimate of drug-likeness (QED) is 0.0250. The molecule has 0 saturated heterocycles. The zero-order valence-corrected chi connectivity index (χ0v) is 31.6. The van der Waals surface area contributed by atoms with Gasteiger partial charge in [-0.05, 0) is 44.9 Å². The predicted octanol–water partition coefficient (Wildman–Crippen LogP) is 9.92. The van der Waals surface area contributed by atoms with Crippen molar-refractivity contribution >= 4 is 13.8 Å². The number of phosphoric ester groups is 1. The van der Waals surface area contributed by atoms with Crippen molar-refractivity contribution in [2.24, 2.45) is 0 Å². The van der Waals surface area contributed by atoms with E-state index in [4.69, 9.17) is 23.6 Å². The maximum Gasteiger partial charge on any atom is 0.472 e. The van der Waals surface area contributed by atoms with Crippen LogP contribution < -0.4 is 0 Å². The summed E-state index contributed by atoms with van der Waals surface area (Å²) in [6.45, 7) is 3.46. The Labute approximate surface area is 293 Å². The van der Waals surface area contributed by atoms with Crippen LogP contribution in [0.1, 0.15) is 168 Å². The molecule has 0 aromatic heterocycles. The molecule has 3 atom stereocenters. The molecular weight excluding hydrogens is 631 g/mol. The molecule has 0 aliphatic carbocycles. The molecule has 3 unspecified atom stereocenters. The molecule has 0 aliphatic rings. The van der Waals surface area contributed by atoms with Crippen molar-refractivity contribution in [3.05, 3.63) is 24.3 Å². The van der Waals surface area contributed by atoms with Crippen LogP contribution in [-0.2, 0) is 27.9 Å². The number of unbranched alkanes of at least 4 members (excludes halogenated alkanes) is 19. The van der Waals surface area contributed by atoms with E-state index in [1.165, 1.54) is 96.3 Å². The molecule has 284 valence electrons. The number of phosphoric acid groups is 1. The molecule has 0 aromatic carbocycles. The summed E-state index contributed by atoms with van der Waals surface area (Å²) in [4.78, 5) is 22.4. The van der Waals surface area contributed by atoms with Crippen LogP contribution in [0.5, 0.6) is 0 Å². The van der Waals surface area contributed by atoms with Crippen LogP contribution in [0.4, 0.5) is 0 Å². The Morgan fingerprint density at radius 1 is 0.646 bits per heavy atom. The minimum absolute atomic E-state index is 0.0451. The molecule has 9 nitrogen and oxygen atoms in total. The van der Waals surface area contributed by atoms with Crippen molar-refractivity contribution in [2.75, 3.05) is 33.0 Å². The fourth-order valence-electron chi connectivity index (χ4n) is 5.15. The fraction of sp³-hybridized carbons (Fsp3) is 0.868. The summed E-state index contributed by atoms with van der Waals surface area (Å²) in [6.07, 6.45) is 34.2. The summed E-state index contributed by atoms with van der Waals surface area (Å²) in [5.74, 6) is -0.389. The summed E-state index contributed by atoms with van der Waals surface area (Å²) in [5.41, 5.74) is 0. The lowest BCUT2D eigenvalue weighted by Crippen LogP contribution is -2.29. The minimum Gasteiger partial charge on any atom is -0.457 e. The van der Waals surface area contributed by atoms with Crippen LogP contribution in [0, 0.1) is 0 Å². The highest BCUT2D eigenvalue weighted by molar-refractivity contribution is 7.47. The van der Waals surface area contributed by atoms with E-state index >= 15 is 0 Å². The van der Waals surface area contributed by atoms with Gasteiger partial charge in [0, 0.05) is 13.0 Å². The molecule has 0 saturated carbocycles. The van der Waals surface area contributed by atoms with E-state index < -0.39 is 33.2 Å². The second-order valence-corrected chi connectivity index (χ2v) is 14.4. The van der Waals surface area contributed by atoms with Crippen molar-refractivity contribution in [1.82, 2.24) is 0 Å². The average molecular weight is 705 g/mol. The Hall–Kier alpha value is -1.06. The molecule has 0 bridgehead atoms. The number of aliphatic hydroxyl groups excluding tert-OH is 2. The third-order valence-electron chi connectivity index (χ3n) is 8.14. The summed E-state index contributed by atoms with van der Waals surface area (Å²) in [6, 6.07) is 0. The standard InChI is InChI=1S/C38H73O9P/c1-3-5-7-9-11-13-15-16-17-18-19-20-21-23-25-27-29-31-44-34-37(35-46-48(42,43)45-33-36(40)32-39)47-38(41)30-28-26-24-22-14-12-10-8-6-4-2/h13,15,17-18,36-37,39-40H,3-12,14,16,19-35H2,1-2H3,(H,42,43)/b15-13-,18-17-. The van der Waals surface area contributed by atoms with Gasteiger partial charge in [0.05, 0.1) is 26.4 Å². The van der Waals surface area contributed by atoms with Gasteiger partial charge in [-0.15, -0.1) is 0 Å². The fourth-order valence-corrected chi connectivity index (χ4v) is 5.94. The van der Waals surface area contributed by atoms with E-state index in [0.29, 0.717) is 6.61 Å². The summed E-state index contributed by atoms with van der Waals surface area (Å²) >= 11 is 0.